The minimum atomic E-state index is -0.437. The van der Waals surface area contributed by atoms with Gasteiger partial charge in [-0.15, -0.1) is 0 Å². The van der Waals surface area contributed by atoms with Gasteiger partial charge in [0.1, 0.15) is 0 Å². The van der Waals surface area contributed by atoms with Gasteiger partial charge in [0.05, 0.1) is 4.92 Å². The van der Waals surface area contributed by atoms with Crippen LogP contribution in [0.3, 0.4) is 0 Å². The summed E-state index contributed by atoms with van der Waals surface area (Å²) in [6, 6.07) is 4.74. The van der Waals surface area contributed by atoms with E-state index in [1.54, 1.807) is 13.0 Å². The Bertz CT molecular complexity index is 548. The molecule has 6 heteroatoms. The van der Waals surface area contributed by atoms with Gasteiger partial charge >= 0.3 is 0 Å². The summed E-state index contributed by atoms with van der Waals surface area (Å²) in [5, 5.41) is 17.0. The summed E-state index contributed by atoms with van der Waals surface area (Å²) in [5.41, 5.74) is 1.04. The largest absolute Gasteiger partial charge is 0.349 e. The zero-order chi connectivity index (χ0) is 13.6. The van der Waals surface area contributed by atoms with E-state index >= 15 is 0 Å². The van der Waals surface area contributed by atoms with Gasteiger partial charge in [0.2, 0.25) is 0 Å². The molecular weight excluding hydrogens is 246 g/mol. The Labute approximate surface area is 110 Å². The number of fused-ring (bicyclic) bond motifs is 1. The smallest absolute Gasteiger partial charge is 0.272 e. The second-order valence-corrected chi connectivity index (χ2v) is 5.24. The van der Waals surface area contributed by atoms with Crippen LogP contribution in [0.1, 0.15) is 15.9 Å². The molecule has 1 aromatic rings. The highest BCUT2D eigenvalue weighted by Gasteiger charge is 2.53. The number of amides is 1. The summed E-state index contributed by atoms with van der Waals surface area (Å²) in [6.07, 6.45) is 0. The summed E-state index contributed by atoms with van der Waals surface area (Å²) in [5.74, 6) is 0.976. The summed E-state index contributed by atoms with van der Waals surface area (Å²) in [4.78, 5) is 22.3. The normalized spacial score (nSPS) is 27.7. The van der Waals surface area contributed by atoms with E-state index in [1.807, 2.05) is 0 Å². The first-order valence-corrected chi connectivity index (χ1v) is 6.34. The number of piperidine rings is 1. The number of benzene rings is 1. The predicted octanol–water partition coefficient (Wildman–Crippen LogP) is 0.851. The fourth-order valence-electron chi connectivity index (χ4n) is 2.87. The van der Waals surface area contributed by atoms with Gasteiger partial charge in [-0.05, 0) is 30.9 Å². The maximum atomic E-state index is 12.1. The molecule has 1 aliphatic heterocycles. The predicted molar refractivity (Wildman–Crippen MR) is 68.9 cm³/mol. The number of hydrogen-bond acceptors (Lipinski definition) is 4. The van der Waals surface area contributed by atoms with E-state index in [2.05, 4.69) is 10.6 Å². The first kappa shape index (κ1) is 12.1. The lowest BCUT2D eigenvalue weighted by atomic mass is 10.1. The maximum absolute atomic E-state index is 12.1. The van der Waals surface area contributed by atoms with Crippen LogP contribution in [0, 0.1) is 28.9 Å². The number of hydrogen-bond donors (Lipinski definition) is 2. The van der Waals surface area contributed by atoms with Crippen LogP contribution in [0.2, 0.25) is 0 Å². The third kappa shape index (κ3) is 2.08. The van der Waals surface area contributed by atoms with E-state index in [1.165, 1.54) is 12.1 Å². The lowest BCUT2D eigenvalue weighted by Crippen LogP contribution is -2.32. The Balaban J connectivity index is 1.70. The maximum Gasteiger partial charge on any atom is 0.272 e. The highest BCUT2D eigenvalue weighted by atomic mass is 16.6. The minimum Gasteiger partial charge on any atom is -0.349 e. The highest BCUT2D eigenvalue weighted by molar-refractivity contribution is 5.95. The molecule has 1 aliphatic carbocycles. The van der Waals surface area contributed by atoms with E-state index in [9.17, 15) is 14.9 Å². The molecule has 19 heavy (non-hydrogen) atoms. The van der Waals surface area contributed by atoms with Crippen LogP contribution in [0.5, 0.6) is 0 Å². The number of nitro groups is 1. The van der Waals surface area contributed by atoms with Gasteiger partial charge in [0, 0.05) is 36.3 Å². The van der Waals surface area contributed by atoms with Crippen molar-refractivity contribution in [3.63, 3.8) is 0 Å². The summed E-state index contributed by atoms with van der Waals surface area (Å²) < 4.78 is 0. The van der Waals surface area contributed by atoms with E-state index in [0.717, 1.165) is 13.1 Å². The Morgan fingerprint density at radius 3 is 2.68 bits per heavy atom. The number of nitrogens with zero attached hydrogens (tertiary/aromatic N) is 1. The fraction of sp³-hybridized carbons (Fsp3) is 0.462. The van der Waals surface area contributed by atoms with Crippen LogP contribution in [-0.4, -0.2) is 30.0 Å². The number of aryl methyl sites for hydroxylation is 1. The van der Waals surface area contributed by atoms with Crippen LogP contribution in [-0.2, 0) is 0 Å². The molecule has 0 spiro atoms. The summed E-state index contributed by atoms with van der Waals surface area (Å²) in [7, 11) is 0. The quantitative estimate of drug-likeness (QED) is 0.624. The van der Waals surface area contributed by atoms with Crippen molar-refractivity contribution in [2.24, 2.45) is 11.8 Å². The average molecular weight is 261 g/mol. The average Bonchev–Trinajstić information content (AvgIpc) is 2.82. The van der Waals surface area contributed by atoms with E-state index in [-0.39, 0.29) is 17.6 Å². The zero-order valence-corrected chi connectivity index (χ0v) is 10.6. The van der Waals surface area contributed by atoms with E-state index in [0.29, 0.717) is 23.0 Å². The molecule has 2 atom stereocenters. The molecule has 1 saturated carbocycles. The Morgan fingerprint density at radius 2 is 2.11 bits per heavy atom. The standard InChI is InChI=1S/C13H15N3O3/c1-7-4-8(2-3-11(7)16(18)19)13(17)15-12-9-5-14-6-10(9)12/h2-4,9-10,12,14H,5-6H2,1H3,(H,15,17). The second kappa shape index (κ2) is 4.31. The molecule has 1 amide bonds. The molecule has 0 bridgehead atoms. The molecule has 1 saturated heterocycles. The minimum absolute atomic E-state index is 0.0454. The molecule has 100 valence electrons. The number of carbonyl (C=O) groups excluding carboxylic acids is 1. The van der Waals surface area contributed by atoms with Gasteiger partial charge in [0.15, 0.2) is 0 Å². The van der Waals surface area contributed by atoms with E-state index < -0.39 is 4.92 Å². The third-order valence-electron chi connectivity index (χ3n) is 4.05. The van der Waals surface area contributed by atoms with Crippen LogP contribution in [0.4, 0.5) is 5.69 Å². The van der Waals surface area contributed by atoms with Gasteiger partial charge in [0.25, 0.3) is 11.6 Å². The topological polar surface area (TPSA) is 84.3 Å². The van der Waals surface area contributed by atoms with Crippen molar-refractivity contribution in [2.45, 2.75) is 13.0 Å². The Hall–Kier alpha value is -1.95. The number of rotatable bonds is 3. The molecular formula is C13H15N3O3. The van der Waals surface area contributed by atoms with Crippen molar-refractivity contribution in [3.8, 4) is 0 Å². The SMILES string of the molecule is Cc1cc(C(=O)NC2C3CNCC32)ccc1[N+](=O)[O-]. The van der Waals surface area contributed by atoms with Crippen molar-refractivity contribution in [3.05, 3.63) is 39.4 Å². The zero-order valence-electron chi connectivity index (χ0n) is 10.6. The molecule has 2 fully saturated rings. The second-order valence-electron chi connectivity index (χ2n) is 5.24. The lowest BCUT2D eigenvalue weighted by molar-refractivity contribution is -0.385. The molecule has 2 unspecified atom stereocenters. The van der Waals surface area contributed by atoms with Gasteiger partial charge in [-0.25, -0.2) is 0 Å². The van der Waals surface area contributed by atoms with Crippen molar-refractivity contribution in [2.75, 3.05) is 13.1 Å². The van der Waals surface area contributed by atoms with Crippen LogP contribution in [0.25, 0.3) is 0 Å². The summed E-state index contributed by atoms with van der Waals surface area (Å²) in [6.45, 7) is 3.58. The molecule has 1 aromatic carbocycles. The lowest BCUT2D eigenvalue weighted by Gasteiger charge is -2.08. The van der Waals surface area contributed by atoms with Gasteiger partial charge < -0.3 is 10.6 Å². The fourth-order valence-corrected chi connectivity index (χ4v) is 2.87. The molecule has 0 radical (unpaired) electrons. The first-order chi connectivity index (χ1) is 9.08. The number of carbonyl (C=O) groups is 1. The van der Waals surface area contributed by atoms with Crippen molar-refractivity contribution in [1.29, 1.82) is 0 Å². The van der Waals surface area contributed by atoms with Gasteiger partial charge in [-0.1, -0.05) is 0 Å². The molecule has 6 nitrogen and oxygen atoms in total. The van der Waals surface area contributed by atoms with Crippen molar-refractivity contribution >= 4 is 11.6 Å². The van der Waals surface area contributed by atoms with Gasteiger partial charge in [-0.3, -0.25) is 14.9 Å². The van der Waals surface area contributed by atoms with Crippen LogP contribution >= 0.6 is 0 Å². The highest BCUT2D eigenvalue weighted by Crippen LogP contribution is 2.41. The van der Waals surface area contributed by atoms with Crippen LogP contribution < -0.4 is 10.6 Å². The molecule has 2 aliphatic rings. The molecule has 1 heterocycles. The van der Waals surface area contributed by atoms with Crippen LogP contribution in [0.15, 0.2) is 18.2 Å². The number of nitro benzene ring substituents is 1. The first-order valence-electron chi connectivity index (χ1n) is 6.34. The molecule has 0 aromatic heterocycles. The van der Waals surface area contributed by atoms with Gasteiger partial charge in [-0.2, -0.15) is 0 Å². The molecule has 3 rings (SSSR count). The summed E-state index contributed by atoms with van der Waals surface area (Å²) >= 11 is 0. The Morgan fingerprint density at radius 1 is 1.42 bits per heavy atom. The molecule has 2 N–H and O–H groups in total. The third-order valence-corrected chi connectivity index (χ3v) is 4.05. The van der Waals surface area contributed by atoms with Crippen molar-refractivity contribution < 1.29 is 9.72 Å². The monoisotopic (exact) mass is 261 g/mol. The number of nitrogens with one attached hydrogen (secondary N) is 2. The van der Waals surface area contributed by atoms with Crippen molar-refractivity contribution in [1.82, 2.24) is 10.6 Å². The van der Waals surface area contributed by atoms with E-state index in [4.69, 9.17) is 0 Å². The Kier molecular flexibility index (Phi) is 2.74.